The number of benzene rings is 10. The fourth-order valence-electron chi connectivity index (χ4n) is 11.3. The van der Waals surface area contributed by atoms with Crippen molar-refractivity contribution in [1.29, 1.82) is 0 Å². The fourth-order valence-corrected chi connectivity index (χ4v) is 14.9. The average Bonchev–Trinajstić information content (AvgIpc) is 0.820. The normalized spacial score (nSPS) is 17.7. The largest absolute Gasteiger partial charge is 0.510 e. The van der Waals surface area contributed by atoms with Gasteiger partial charge in [0, 0.05) is 51.2 Å². The number of pyridine rings is 1. The van der Waals surface area contributed by atoms with E-state index in [0.717, 1.165) is 35.6 Å². The van der Waals surface area contributed by atoms with Gasteiger partial charge in [0.25, 0.3) is 6.33 Å². The molecule has 5 nitrogen and oxygen atoms in total. The Morgan fingerprint density at radius 3 is 1.90 bits per heavy atom. The molecule has 0 spiro atoms. The maximum Gasteiger partial charge on any atom is 0.268 e. The summed E-state index contributed by atoms with van der Waals surface area (Å²) in [6.07, 6.45) is 8.33. The minimum absolute atomic E-state index is 0. The number of rotatable bonds is 12. The number of hydrogen-bond donors (Lipinski definition) is 0. The van der Waals surface area contributed by atoms with Crippen LogP contribution < -0.4 is 30.1 Å². The molecule has 1 saturated carbocycles. The van der Waals surface area contributed by atoms with Gasteiger partial charge in [0.15, 0.2) is 8.07 Å². The van der Waals surface area contributed by atoms with Crippen molar-refractivity contribution in [3.63, 3.8) is 0 Å². The summed E-state index contributed by atoms with van der Waals surface area (Å²) in [6, 6.07) is 14.9. The van der Waals surface area contributed by atoms with Crippen LogP contribution in [0.3, 0.4) is 0 Å². The third-order valence-corrected chi connectivity index (χ3v) is 19.0. The van der Waals surface area contributed by atoms with Crippen molar-refractivity contribution in [3.8, 4) is 50.9 Å². The van der Waals surface area contributed by atoms with Gasteiger partial charge in [-0.3, -0.25) is 4.57 Å². The minimum Gasteiger partial charge on any atom is -0.510 e. The molecule has 0 atom stereocenters. The van der Waals surface area contributed by atoms with Crippen molar-refractivity contribution >= 4 is 61.7 Å². The first kappa shape index (κ1) is 32.2. The van der Waals surface area contributed by atoms with E-state index in [-0.39, 0.29) is 54.9 Å². The summed E-state index contributed by atoms with van der Waals surface area (Å²) in [5.74, 6) is -0.355. The molecule has 3 aromatic heterocycles. The van der Waals surface area contributed by atoms with Crippen molar-refractivity contribution < 1.29 is 64.6 Å². The minimum atomic E-state index is -6.21. The van der Waals surface area contributed by atoms with Crippen LogP contribution in [-0.4, -0.2) is 22.2 Å². The zero-order valence-electron chi connectivity index (χ0n) is 69.9. The van der Waals surface area contributed by atoms with E-state index in [2.05, 4.69) is 18.5 Å². The van der Waals surface area contributed by atoms with E-state index in [1.165, 1.54) is 12.3 Å². The molecule has 3 heterocycles. The molecule has 10 aromatic carbocycles. The second-order valence-corrected chi connectivity index (χ2v) is 24.4. The molecule has 0 bridgehead atoms. The third kappa shape index (κ3) is 9.78. The smallest absolute Gasteiger partial charge is 0.268 e. The Hall–Kier alpha value is -8.67. The maximum absolute atomic E-state index is 10.8. The molecule has 1 aliphatic rings. The van der Waals surface area contributed by atoms with E-state index >= 15 is 0 Å². The molecule has 13 aromatic rings. The Labute approximate surface area is 537 Å². The van der Waals surface area contributed by atoms with Crippen molar-refractivity contribution in [2.24, 2.45) is 0 Å². The molecule has 83 heavy (non-hydrogen) atoms. The predicted octanol–water partition coefficient (Wildman–Crippen LogP) is 15.6. The number of imidazole rings is 1. The van der Waals surface area contributed by atoms with Gasteiger partial charge in [-0.25, -0.2) is 4.98 Å². The summed E-state index contributed by atoms with van der Waals surface area (Å²) in [5, 5.41) is -2.18. The fraction of sp³-hybridized carbons (Fsp3) is 0.132. The molecule has 0 radical (unpaired) electrons. The van der Waals surface area contributed by atoms with Crippen molar-refractivity contribution in [2.75, 3.05) is 0 Å². The Morgan fingerprint density at radius 2 is 1.20 bits per heavy atom. The van der Waals surface area contributed by atoms with Gasteiger partial charge in [0.05, 0.1) is 49.6 Å². The van der Waals surface area contributed by atoms with Gasteiger partial charge < -0.3 is 13.9 Å². The summed E-state index contributed by atoms with van der Waals surface area (Å²) in [6.45, 7) is 5.68. The van der Waals surface area contributed by atoms with Crippen LogP contribution in [-0.2, 0) is 26.5 Å². The molecular weight excluding hydrogens is 1210 g/mol. The first-order valence-corrected chi connectivity index (χ1v) is 28.8. The van der Waals surface area contributed by atoms with E-state index < -0.39 is 191 Å². The van der Waals surface area contributed by atoms with Crippen LogP contribution in [0.5, 0.6) is 11.5 Å². The molecule has 0 unspecified atom stereocenters. The standard InChI is InChI=1S/C76H62N4OSi.Pt/c1-76(2,3)69-42-25-41-64(56-30-23-39-63(48-56)82(60-33-13-6-14-34-60,61-35-15-7-16-36-61)62-37-17-8-18-38-62)75(69)79-53-78(71-44-21-22-45-72(71)79)57-31-24-32-58(49-57)81-59-46-47-66-65-40-19-20-43-70(65)80(73(66)50-59)74-51-67(54-26-9-4-10-27-54)68(52-77-74)55-28-11-5-12-29-55;/h5-8,11-25,28-48,51-52,54H,4,9-10,26-27H2,1-3H3;/q-2;/i5D,6D,7D,8D,11D,12D,13D,14D,15D,16D,17D,18D,23D,28D,29D,30D,33D,34D,35D,36D,37D,38D,39D,48D,54D;. The second-order valence-electron chi connectivity index (χ2n) is 20.9. The Bertz CT molecular complexity index is 5730. The Kier molecular flexibility index (Phi) is 8.77. The first-order chi connectivity index (χ1) is 50.6. The van der Waals surface area contributed by atoms with E-state index in [1.807, 2.05) is 55.7 Å². The zero-order chi connectivity index (χ0) is 77.0. The van der Waals surface area contributed by atoms with Crippen LogP contribution in [0.25, 0.3) is 72.3 Å². The van der Waals surface area contributed by atoms with Crippen LogP contribution >= 0.6 is 0 Å². The average molecular weight is 1300 g/mol. The van der Waals surface area contributed by atoms with E-state index in [9.17, 15) is 15.1 Å². The number of nitrogens with zero attached hydrogens (tertiary/aromatic N) is 4. The SMILES string of the molecule is [2H]c1c([2H])c([2H])c(-c2cnc(-n3c4[c-]c(Oc5[c-]c(-n6[c-][n+](-c7c(-c8c([2H])c([2H])c([2H])c([Si](c9c([2H])c([2H])c([2H])c([2H])c9[2H])(c9c([2H])c([2H])c([2H])c([2H])c9[2H])c9c([2H])c([2H])c([2H])c([2H])c9[2H])c8[2H])cccc7C(C)(C)C)c7ccccc76)ccc5)ccc4c4ccccc43)cc2C2([2H])CCCCC2)c([2H])c1[2H].[Pt]. The summed E-state index contributed by atoms with van der Waals surface area (Å²) in [4.78, 5) is 4.95. The van der Waals surface area contributed by atoms with Crippen LogP contribution in [0.4, 0.5) is 0 Å². The number of ether oxygens (including phenoxy) is 1. The maximum atomic E-state index is 10.8. The molecular formula is C76H62N4OPtSi-2. The topological polar surface area (TPSA) is 35.9 Å². The number of hydrogen-bond acceptors (Lipinski definition) is 2. The van der Waals surface area contributed by atoms with Gasteiger partial charge >= 0.3 is 0 Å². The van der Waals surface area contributed by atoms with E-state index in [4.69, 9.17) is 28.9 Å². The van der Waals surface area contributed by atoms with E-state index in [1.54, 1.807) is 75.9 Å². The van der Waals surface area contributed by atoms with Crippen molar-refractivity contribution in [1.82, 2.24) is 14.1 Å². The Morgan fingerprint density at radius 1 is 0.590 bits per heavy atom. The summed E-state index contributed by atoms with van der Waals surface area (Å²) < 4.78 is 245. The monoisotopic (exact) mass is 1290 g/mol. The van der Waals surface area contributed by atoms with Crippen LogP contribution in [0.15, 0.2) is 254 Å². The second kappa shape index (κ2) is 22.6. The van der Waals surface area contributed by atoms with Gasteiger partial charge in [-0.1, -0.05) is 251 Å². The van der Waals surface area contributed by atoms with Crippen molar-refractivity contribution in [3.05, 3.63) is 284 Å². The van der Waals surface area contributed by atoms with Crippen LogP contribution in [0, 0.1) is 18.5 Å². The Balaban J connectivity index is 0.0000103. The third-order valence-electron chi connectivity index (χ3n) is 15.0. The molecule has 14 rings (SSSR count). The number of aromatic nitrogens is 4. The van der Waals surface area contributed by atoms with Crippen LogP contribution in [0.2, 0.25) is 0 Å². The molecule has 0 saturated heterocycles. The first-order valence-electron chi connectivity index (χ1n) is 39.3. The summed E-state index contributed by atoms with van der Waals surface area (Å²) >= 11 is 0. The number of fused-ring (bicyclic) bond motifs is 4. The summed E-state index contributed by atoms with van der Waals surface area (Å²) in [7, 11) is -6.21. The molecule has 0 N–H and O–H groups in total. The quantitative estimate of drug-likeness (QED) is 0.0529. The zero-order valence-corrected chi connectivity index (χ0v) is 48.2. The molecule has 0 amide bonds. The summed E-state index contributed by atoms with van der Waals surface area (Å²) in [5.41, 5.74) is 2.70. The molecule has 7 heteroatoms. The van der Waals surface area contributed by atoms with Gasteiger partial charge in [-0.05, 0) is 95.9 Å². The molecule has 1 fully saturated rings. The van der Waals surface area contributed by atoms with Gasteiger partial charge in [-0.15, -0.1) is 29.7 Å². The molecule has 1 aliphatic carbocycles. The van der Waals surface area contributed by atoms with Crippen LogP contribution in [0.1, 0.15) is 104 Å². The molecule has 408 valence electrons. The number of para-hydroxylation sites is 4. The van der Waals surface area contributed by atoms with E-state index in [0.29, 0.717) is 52.0 Å². The van der Waals surface area contributed by atoms with Gasteiger partial charge in [-0.2, -0.15) is 18.2 Å². The van der Waals surface area contributed by atoms with Crippen molar-refractivity contribution in [2.45, 2.75) is 64.2 Å². The predicted molar refractivity (Wildman–Crippen MR) is 339 cm³/mol. The molecule has 0 aliphatic heterocycles. The van der Waals surface area contributed by atoms with Gasteiger partial charge in [0.1, 0.15) is 5.82 Å². The van der Waals surface area contributed by atoms with Gasteiger partial charge in [0.2, 0.25) is 0 Å².